The number of thioether (sulfide) groups is 1. The first-order valence-corrected chi connectivity index (χ1v) is 12.3. The van der Waals surface area contributed by atoms with Crippen LogP contribution < -0.4 is 14.9 Å². The Morgan fingerprint density at radius 2 is 2.00 bits per heavy atom. The number of carbonyl (C=O) groups is 1. The summed E-state index contributed by atoms with van der Waals surface area (Å²) in [6, 6.07) is 13.6. The summed E-state index contributed by atoms with van der Waals surface area (Å²) in [6.45, 7) is 4.75. The number of nitrogens with one attached hydrogen (secondary N) is 2. The van der Waals surface area contributed by atoms with Crippen molar-refractivity contribution in [3.05, 3.63) is 48.0 Å². The van der Waals surface area contributed by atoms with Crippen molar-refractivity contribution in [3.63, 3.8) is 0 Å². The molecule has 2 aromatic carbocycles. The Kier molecular flexibility index (Phi) is 6.87. The maximum Gasteiger partial charge on any atom is 0.240 e. The molecule has 29 heavy (non-hydrogen) atoms. The van der Waals surface area contributed by atoms with Gasteiger partial charge in [0.05, 0.1) is 10.6 Å². The van der Waals surface area contributed by atoms with E-state index >= 15 is 0 Å². The number of fused-ring (bicyclic) bond motifs is 1. The third kappa shape index (κ3) is 5.12. The van der Waals surface area contributed by atoms with E-state index in [9.17, 15) is 13.2 Å². The lowest BCUT2D eigenvalue weighted by molar-refractivity contribution is -0.114. The number of amides is 1. The predicted octanol–water partition coefficient (Wildman–Crippen LogP) is 3.49. The Balaban J connectivity index is 1.61. The van der Waals surface area contributed by atoms with E-state index in [1.165, 1.54) is 36.0 Å². The van der Waals surface area contributed by atoms with Gasteiger partial charge >= 0.3 is 0 Å². The highest BCUT2D eigenvalue weighted by Crippen LogP contribution is 2.31. The van der Waals surface area contributed by atoms with Gasteiger partial charge in [-0.15, -0.1) is 11.8 Å². The van der Waals surface area contributed by atoms with Crippen LogP contribution in [0.4, 0.5) is 11.4 Å². The zero-order valence-corrected chi connectivity index (χ0v) is 18.6. The molecule has 1 atom stereocenters. The summed E-state index contributed by atoms with van der Waals surface area (Å²) in [5.74, 6) is -0.233. The molecule has 0 saturated carbocycles. The molecule has 2 aromatic rings. The van der Waals surface area contributed by atoms with Crippen LogP contribution in [-0.4, -0.2) is 39.7 Å². The number of carbonyl (C=O) groups excluding carboxylic acids is 1. The molecule has 0 fully saturated rings. The molecule has 0 aliphatic carbocycles. The smallest absolute Gasteiger partial charge is 0.240 e. The second-order valence-electron chi connectivity index (χ2n) is 7.17. The minimum absolute atomic E-state index is 0.152. The molecule has 156 valence electrons. The molecule has 1 amide bonds. The maximum absolute atomic E-state index is 12.7. The van der Waals surface area contributed by atoms with Crippen molar-refractivity contribution in [3.8, 4) is 0 Å². The van der Waals surface area contributed by atoms with Crippen LogP contribution in [0.1, 0.15) is 25.8 Å². The molecule has 1 unspecified atom stereocenters. The first-order valence-electron chi connectivity index (χ1n) is 9.61. The molecule has 0 radical (unpaired) electrons. The van der Waals surface area contributed by atoms with Crippen molar-refractivity contribution < 1.29 is 13.2 Å². The summed E-state index contributed by atoms with van der Waals surface area (Å²) in [6.07, 6.45) is 3.61. The van der Waals surface area contributed by atoms with E-state index in [0.717, 1.165) is 17.9 Å². The number of hydrogen-bond donors (Lipinski definition) is 2. The Bertz CT molecular complexity index is 992. The topological polar surface area (TPSA) is 78.5 Å². The van der Waals surface area contributed by atoms with Crippen molar-refractivity contribution in [2.24, 2.45) is 0 Å². The van der Waals surface area contributed by atoms with E-state index in [1.807, 2.05) is 12.3 Å². The fourth-order valence-electron chi connectivity index (χ4n) is 3.65. The van der Waals surface area contributed by atoms with E-state index < -0.39 is 10.0 Å². The van der Waals surface area contributed by atoms with Gasteiger partial charge in [0.15, 0.2) is 0 Å². The number of para-hydroxylation sites is 1. The lowest BCUT2D eigenvalue weighted by Gasteiger charge is -2.25. The fraction of sp³-hybridized carbons (Fsp3) is 0.381. The van der Waals surface area contributed by atoms with Gasteiger partial charge < -0.3 is 10.2 Å². The maximum atomic E-state index is 12.7. The number of anilines is 2. The number of benzene rings is 2. The highest BCUT2D eigenvalue weighted by atomic mass is 32.2. The minimum atomic E-state index is -3.64. The van der Waals surface area contributed by atoms with Crippen molar-refractivity contribution >= 4 is 39.1 Å². The first kappa shape index (κ1) is 21.7. The number of rotatable bonds is 8. The van der Waals surface area contributed by atoms with Gasteiger partial charge in [0.1, 0.15) is 0 Å². The van der Waals surface area contributed by atoms with Gasteiger partial charge in [-0.1, -0.05) is 18.2 Å². The molecule has 2 N–H and O–H groups in total. The Morgan fingerprint density at radius 3 is 2.72 bits per heavy atom. The van der Waals surface area contributed by atoms with Crippen LogP contribution in [0.3, 0.4) is 0 Å². The zero-order valence-electron chi connectivity index (χ0n) is 16.9. The second kappa shape index (κ2) is 9.19. The summed E-state index contributed by atoms with van der Waals surface area (Å²) < 4.78 is 28.1. The molecule has 0 spiro atoms. The highest BCUT2D eigenvalue weighted by Gasteiger charge is 2.25. The van der Waals surface area contributed by atoms with Crippen molar-refractivity contribution in [1.29, 1.82) is 0 Å². The first-order chi connectivity index (χ1) is 13.8. The van der Waals surface area contributed by atoms with Crippen LogP contribution in [0.15, 0.2) is 52.3 Å². The normalized spacial score (nSPS) is 16.0. The van der Waals surface area contributed by atoms with Gasteiger partial charge in [0.2, 0.25) is 15.9 Å². The van der Waals surface area contributed by atoms with Gasteiger partial charge in [-0.05, 0) is 55.9 Å². The third-order valence-corrected chi connectivity index (χ3v) is 7.26. The Morgan fingerprint density at radius 1 is 1.24 bits per heavy atom. The monoisotopic (exact) mass is 433 g/mol. The van der Waals surface area contributed by atoms with Gasteiger partial charge in [-0.2, -0.15) is 0 Å². The summed E-state index contributed by atoms with van der Waals surface area (Å²) in [7, 11) is -3.64. The SMILES string of the molecule is CSc1ccc(S(=O)(=O)NCCCN2c3ccccc3CC2C)cc1NC(C)=O. The molecule has 1 aliphatic heterocycles. The molecule has 6 nitrogen and oxygen atoms in total. The molecule has 1 heterocycles. The van der Waals surface area contributed by atoms with Gasteiger partial charge in [0, 0.05) is 36.6 Å². The van der Waals surface area contributed by atoms with Gasteiger partial charge in [0.25, 0.3) is 0 Å². The average Bonchev–Trinajstić information content (AvgIpc) is 3.00. The molecule has 0 saturated heterocycles. The Hall–Kier alpha value is -2.03. The van der Waals surface area contributed by atoms with Crippen molar-refractivity contribution in [2.75, 3.05) is 29.6 Å². The number of nitrogens with zero attached hydrogens (tertiary/aromatic N) is 1. The predicted molar refractivity (Wildman–Crippen MR) is 119 cm³/mol. The molecule has 8 heteroatoms. The molecule has 3 rings (SSSR count). The van der Waals surface area contributed by atoms with Gasteiger partial charge in [-0.25, -0.2) is 13.1 Å². The van der Waals surface area contributed by atoms with Crippen LogP contribution in [0.5, 0.6) is 0 Å². The van der Waals surface area contributed by atoms with Crippen molar-refractivity contribution in [2.45, 2.75) is 42.5 Å². The summed E-state index contributed by atoms with van der Waals surface area (Å²) in [5.41, 5.74) is 3.10. The molecule has 0 aromatic heterocycles. The number of sulfonamides is 1. The van der Waals surface area contributed by atoms with Crippen LogP contribution in [0.25, 0.3) is 0 Å². The van der Waals surface area contributed by atoms with E-state index in [-0.39, 0.29) is 10.8 Å². The van der Waals surface area contributed by atoms with Crippen LogP contribution in [0.2, 0.25) is 0 Å². The highest BCUT2D eigenvalue weighted by molar-refractivity contribution is 7.98. The van der Waals surface area contributed by atoms with Crippen LogP contribution in [-0.2, 0) is 21.2 Å². The largest absolute Gasteiger partial charge is 0.368 e. The molecule has 0 bridgehead atoms. The van der Waals surface area contributed by atoms with E-state index in [1.54, 1.807) is 12.1 Å². The summed E-state index contributed by atoms with van der Waals surface area (Å²) in [5, 5.41) is 2.70. The zero-order chi connectivity index (χ0) is 21.0. The Labute approximate surface area is 177 Å². The van der Waals surface area contributed by atoms with E-state index in [4.69, 9.17) is 0 Å². The van der Waals surface area contributed by atoms with Crippen LogP contribution >= 0.6 is 11.8 Å². The fourth-order valence-corrected chi connectivity index (χ4v) is 5.29. The third-order valence-electron chi connectivity index (χ3n) is 5.01. The number of hydrogen-bond acceptors (Lipinski definition) is 5. The molecular weight excluding hydrogens is 406 g/mol. The lowest BCUT2D eigenvalue weighted by atomic mass is 10.1. The summed E-state index contributed by atoms with van der Waals surface area (Å²) >= 11 is 1.45. The summed E-state index contributed by atoms with van der Waals surface area (Å²) in [4.78, 5) is 14.7. The molecule has 1 aliphatic rings. The molecular formula is C21H27N3O3S2. The van der Waals surface area contributed by atoms with Gasteiger partial charge in [-0.3, -0.25) is 4.79 Å². The van der Waals surface area contributed by atoms with E-state index in [2.05, 4.69) is 40.1 Å². The second-order valence-corrected chi connectivity index (χ2v) is 9.78. The quantitative estimate of drug-likeness (QED) is 0.492. The van der Waals surface area contributed by atoms with E-state index in [0.29, 0.717) is 24.7 Å². The lowest BCUT2D eigenvalue weighted by Crippen LogP contribution is -2.33. The minimum Gasteiger partial charge on any atom is -0.368 e. The average molecular weight is 434 g/mol. The van der Waals surface area contributed by atoms with Crippen LogP contribution in [0, 0.1) is 0 Å². The standard InChI is InChI=1S/C21H27N3O3S2/c1-15-13-17-7-4-5-8-20(17)24(15)12-6-11-22-29(26,27)18-9-10-21(28-3)19(14-18)23-16(2)25/h4-5,7-10,14-15,22H,6,11-13H2,1-3H3,(H,23,25). The van der Waals surface area contributed by atoms with Crippen molar-refractivity contribution in [1.82, 2.24) is 4.72 Å².